The van der Waals surface area contributed by atoms with Crippen LogP contribution in [0, 0.1) is 5.41 Å². The van der Waals surface area contributed by atoms with E-state index in [2.05, 4.69) is 56.5 Å². The molecule has 1 rings (SSSR count). The molecule has 0 aromatic carbocycles. The van der Waals surface area contributed by atoms with Gasteiger partial charge in [-0.15, -0.1) is 0 Å². The van der Waals surface area contributed by atoms with Gasteiger partial charge in [-0.1, -0.05) is 19.0 Å². The van der Waals surface area contributed by atoms with E-state index in [0.29, 0.717) is 6.04 Å². The van der Waals surface area contributed by atoms with Crippen molar-refractivity contribution in [3.05, 3.63) is 10.4 Å². The molecule has 1 saturated heterocycles. The average Bonchev–Trinajstić information content (AvgIpc) is 2.09. The van der Waals surface area contributed by atoms with Crippen LogP contribution in [0.1, 0.15) is 48.0 Å². The van der Waals surface area contributed by atoms with Gasteiger partial charge >= 0.3 is 0 Å². The molecule has 92 valence electrons. The van der Waals surface area contributed by atoms with Crippen LogP contribution >= 0.6 is 0 Å². The second-order valence-electron chi connectivity index (χ2n) is 6.68. The van der Waals surface area contributed by atoms with Crippen molar-refractivity contribution < 1.29 is 0 Å². The van der Waals surface area contributed by atoms with Crippen LogP contribution in [-0.4, -0.2) is 29.1 Å². The summed E-state index contributed by atoms with van der Waals surface area (Å²) in [7, 11) is 0. The number of likely N-dealkylation sites (tertiary alicyclic amines) is 1. The molecule has 0 unspecified atom stereocenters. The summed E-state index contributed by atoms with van der Waals surface area (Å²) in [6.45, 7) is 14.4. The fraction of sp³-hybridized carbons (Fsp3) is 1.00. The molecule has 2 atom stereocenters. The second-order valence-corrected chi connectivity index (χ2v) is 6.68. The van der Waals surface area contributed by atoms with Crippen molar-refractivity contribution >= 4 is 0 Å². The second kappa shape index (κ2) is 4.27. The van der Waals surface area contributed by atoms with Crippen molar-refractivity contribution in [2.75, 3.05) is 6.54 Å². The SMILES string of the molecule is C[C@@H]1[C@@H](N=[N+]=[N-])CC(C)(C)CN1C(C)(C)C. The average molecular weight is 224 g/mol. The molecule has 4 nitrogen and oxygen atoms in total. The number of hydrogen-bond donors (Lipinski definition) is 0. The molecular formula is C12H24N4. The highest BCUT2D eigenvalue weighted by molar-refractivity contribution is 4.98. The molecule has 1 aliphatic heterocycles. The molecular weight excluding hydrogens is 200 g/mol. The van der Waals surface area contributed by atoms with E-state index in [1.54, 1.807) is 0 Å². The van der Waals surface area contributed by atoms with E-state index >= 15 is 0 Å². The molecule has 0 saturated carbocycles. The van der Waals surface area contributed by atoms with Gasteiger partial charge in [0.2, 0.25) is 0 Å². The van der Waals surface area contributed by atoms with Crippen LogP contribution in [0.3, 0.4) is 0 Å². The zero-order valence-corrected chi connectivity index (χ0v) is 11.4. The van der Waals surface area contributed by atoms with E-state index in [-0.39, 0.29) is 17.0 Å². The Morgan fingerprint density at radius 2 is 1.94 bits per heavy atom. The predicted molar refractivity (Wildman–Crippen MR) is 67.3 cm³/mol. The Bertz CT molecular complexity index is 297. The number of piperidine rings is 1. The first-order valence-corrected chi connectivity index (χ1v) is 5.98. The van der Waals surface area contributed by atoms with Crippen LogP contribution in [-0.2, 0) is 0 Å². The van der Waals surface area contributed by atoms with Crippen LogP contribution in [0.5, 0.6) is 0 Å². The van der Waals surface area contributed by atoms with Crippen molar-refractivity contribution in [2.45, 2.75) is 65.6 Å². The lowest BCUT2D eigenvalue weighted by Gasteiger charge is -2.51. The molecule has 1 fully saturated rings. The lowest BCUT2D eigenvalue weighted by atomic mass is 9.77. The highest BCUT2D eigenvalue weighted by Gasteiger charge is 2.41. The van der Waals surface area contributed by atoms with E-state index in [9.17, 15) is 0 Å². The molecule has 0 N–H and O–H groups in total. The summed E-state index contributed by atoms with van der Waals surface area (Å²) in [5, 5.41) is 3.96. The predicted octanol–water partition coefficient (Wildman–Crippen LogP) is 3.58. The fourth-order valence-electron chi connectivity index (χ4n) is 2.67. The maximum Gasteiger partial charge on any atom is 0.0532 e. The molecule has 16 heavy (non-hydrogen) atoms. The standard InChI is InChI=1S/C12H24N4/c1-9-10(14-15-13)7-12(5,6)8-16(9)11(2,3)4/h9-10H,7-8H2,1-6H3/t9-,10+/m1/s1. The minimum absolute atomic E-state index is 0.0907. The highest BCUT2D eigenvalue weighted by Crippen LogP contribution is 2.37. The van der Waals surface area contributed by atoms with Crippen LogP contribution in [0.15, 0.2) is 5.11 Å². The Hall–Kier alpha value is -0.730. The van der Waals surface area contributed by atoms with Crippen LogP contribution in [0.4, 0.5) is 0 Å². The van der Waals surface area contributed by atoms with Crippen molar-refractivity contribution in [2.24, 2.45) is 10.5 Å². The summed E-state index contributed by atoms with van der Waals surface area (Å²) >= 11 is 0. The maximum atomic E-state index is 8.64. The molecule has 1 heterocycles. The van der Waals surface area contributed by atoms with Crippen molar-refractivity contribution in [1.29, 1.82) is 0 Å². The minimum Gasteiger partial charge on any atom is -0.295 e. The minimum atomic E-state index is 0.0907. The largest absolute Gasteiger partial charge is 0.295 e. The molecule has 1 aliphatic rings. The lowest BCUT2D eigenvalue weighted by molar-refractivity contribution is -0.00880. The lowest BCUT2D eigenvalue weighted by Crippen LogP contribution is -2.58. The summed E-state index contributed by atoms with van der Waals surface area (Å²) in [6.07, 6.45) is 0.977. The third kappa shape index (κ3) is 2.89. The molecule has 0 spiro atoms. The van der Waals surface area contributed by atoms with E-state index in [4.69, 9.17) is 5.53 Å². The Morgan fingerprint density at radius 1 is 1.38 bits per heavy atom. The molecule has 0 aliphatic carbocycles. The van der Waals surface area contributed by atoms with Crippen molar-refractivity contribution in [3.8, 4) is 0 Å². The topological polar surface area (TPSA) is 52.0 Å². The van der Waals surface area contributed by atoms with Crippen LogP contribution in [0.25, 0.3) is 10.4 Å². The van der Waals surface area contributed by atoms with Crippen LogP contribution < -0.4 is 0 Å². The van der Waals surface area contributed by atoms with Crippen LogP contribution in [0.2, 0.25) is 0 Å². The van der Waals surface area contributed by atoms with Gasteiger partial charge in [0.05, 0.1) is 6.04 Å². The van der Waals surface area contributed by atoms with Gasteiger partial charge in [-0.25, -0.2) is 0 Å². The molecule has 0 radical (unpaired) electrons. The molecule has 0 aromatic rings. The first kappa shape index (κ1) is 13.3. The summed E-state index contributed by atoms with van der Waals surface area (Å²) in [5.41, 5.74) is 8.98. The van der Waals surface area contributed by atoms with Gasteiger partial charge in [0, 0.05) is 23.0 Å². The van der Waals surface area contributed by atoms with Crippen molar-refractivity contribution in [1.82, 2.24) is 4.90 Å². The highest BCUT2D eigenvalue weighted by atomic mass is 15.3. The summed E-state index contributed by atoms with van der Waals surface area (Å²) in [6, 6.07) is 0.414. The van der Waals surface area contributed by atoms with Gasteiger partial charge in [0.15, 0.2) is 0 Å². The number of rotatable bonds is 1. The first-order valence-electron chi connectivity index (χ1n) is 5.98. The van der Waals surface area contributed by atoms with Gasteiger partial charge in [-0.05, 0) is 45.1 Å². The smallest absolute Gasteiger partial charge is 0.0532 e. The van der Waals surface area contributed by atoms with Gasteiger partial charge in [-0.3, -0.25) is 4.90 Å². The molecule has 0 bridgehead atoms. The van der Waals surface area contributed by atoms with Gasteiger partial charge < -0.3 is 0 Å². The van der Waals surface area contributed by atoms with Gasteiger partial charge in [0.25, 0.3) is 0 Å². The van der Waals surface area contributed by atoms with Gasteiger partial charge in [-0.2, -0.15) is 0 Å². The number of hydrogen-bond acceptors (Lipinski definition) is 2. The van der Waals surface area contributed by atoms with E-state index in [0.717, 1.165) is 13.0 Å². The summed E-state index contributed by atoms with van der Waals surface area (Å²) in [4.78, 5) is 5.44. The number of nitrogens with zero attached hydrogens (tertiary/aromatic N) is 4. The molecule has 4 heteroatoms. The summed E-state index contributed by atoms with van der Waals surface area (Å²) in [5.74, 6) is 0. The summed E-state index contributed by atoms with van der Waals surface area (Å²) < 4.78 is 0. The Kier molecular flexibility index (Phi) is 3.56. The van der Waals surface area contributed by atoms with E-state index in [1.807, 2.05) is 0 Å². The fourth-order valence-corrected chi connectivity index (χ4v) is 2.67. The monoisotopic (exact) mass is 224 g/mol. The Morgan fingerprint density at radius 3 is 2.38 bits per heavy atom. The zero-order valence-electron chi connectivity index (χ0n) is 11.4. The quantitative estimate of drug-likeness (QED) is 0.381. The first-order chi connectivity index (χ1) is 7.17. The Labute approximate surface area is 98.6 Å². The third-order valence-corrected chi connectivity index (χ3v) is 3.47. The van der Waals surface area contributed by atoms with Crippen molar-refractivity contribution in [3.63, 3.8) is 0 Å². The Balaban J connectivity index is 2.98. The van der Waals surface area contributed by atoms with E-state index in [1.165, 1.54) is 0 Å². The number of azide groups is 1. The molecule has 0 amide bonds. The third-order valence-electron chi connectivity index (χ3n) is 3.47. The zero-order chi connectivity index (χ0) is 12.6. The molecule has 0 aromatic heterocycles. The van der Waals surface area contributed by atoms with Gasteiger partial charge in [0.1, 0.15) is 0 Å². The van der Waals surface area contributed by atoms with E-state index < -0.39 is 0 Å². The normalized spacial score (nSPS) is 30.9. The maximum absolute atomic E-state index is 8.64.